The zero-order valence-corrected chi connectivity index (χ0v) is 17.9. The molecular weight excluding hydrogens is 388 g/mol. The lowest BCUT2D eigenvalue weighted by molar-refractivity contribution is 0.0472. The Balaban J connectivity index is 1.40. The van der Waals surface area contributed by atoms with E-state index in [0.717, 1.165) is 18.4 Å². The van der Waals surface area contributed by atoms with Crippen molar-refractivity contribution >= 4 is 11.9 Å². The van der Waals surface area contributed by atoms with Crippen LogP contribution in [0.25, 0.3) is 0 Å². The third kappa shape index (κ3) is 4.85. The summed E-state index contributed by atoms with van der Waals surface area (Å²) < 4.78 is 10.9. The van der Waals surface area contributed by atoms with E-state index in [1.54, 1.807) is 24.3 Å². The summed E-state index contributed by atoms with van der Waals surface area (Å²) in [6.45, 7) is 4.65. The Kier molecular flexibility index (Phi) is 5.90. The van der Waals surface area contributed by atoms with Crippen molar-refractivity contribution in [3.05, 3.63) is 101 Å². The minimum atomic E-state index is -0.418. The van der Waals surface area contributed by atoms with E-state index in [0.29, 0.717) is 16.9 Å². The fourth-order valence-electron chi connectivity index (χ4n) is 4.04. The molecule has 0 bridgehead atoms. The van der Waals surface area contributed by atoms with Gasteiger partial charge in [0.05, 0.1) is 11.1 Å². The van der Waals surface area contributed by atoms with Crippen molar-refractivity contribution in [3.8, 4) is 5.75 Å². The zero-order chi connectivity index (χ0) is 21.8. The first kappa shape index (κ1) is 20.9. The summed E-state index contributed by atoms with van der Waals surface area (Å²) in [5.41, 5.74) is 4.47. The lowest BCUT2D eigenvalue weighted by Crippen LogP contribution is -2.24. The Morgan fingerprint density at radius 2 is 1.58 bits per heavy atom. The Labute approximate surface area is 182 Å². The van der Waals surface area contributed by atoms with Gasteiger partial charge in [0.1, 0.15) is 12.4 Å². The van der Waals surface area contributed by atoms with Gasteiger partial charge in [-0.1, -0.05) is 50.2 Å². The lowest BCUT2D eigenvalue weighted by atomic mass is 9.72. The summed E-state index contributed by atoms with van der Waals surface area (Å²) in [4.78, 5) is 24.9. The van der Waals surface area contributed by atoms with E-state index in [9.17, 15) is 9.59 Å². The van der Waals surface area contributed by atoms with Gasteiger partial charge in [-0.15, -0.1) is 0 Å². The first-order valence-corrected chi connectivity index (χ1v) is 10.6. The quantitative estimate of drug-likeness (QED) is 0.387. The average Bonchev–Trinajstić information content (AvgIpc) is 2.78. The highest BCUT2D eigenvalue weighted by Gasteiger charge is 2.28. The van der Waals surface area contributed by atoms with E-state index < -0.39 is 11.9 Å². The number of ether oxygens (including phenoxy) is 2. The van der Waals surface area contributed by atoms with Gasteiger partial charge in [0, 0.05) is 0 Å². The summed E-state index contributed by atoms with van der Waals surface area (Å²) in [6, 6.07) is 21.8. The third-order valence-electron chi connectivity index (χ3n) is 5.84. The molecule has 0 unspecified atom stereocenters. The van der Waals surface area contributed by atoms with Crippen LogP contribution in [0.5, 0.6) is 5.75 Å². The summed E-state index contributed by atoms with van der Waals surface area (Å²) >= 11 is 0. The summed E-state index contributed by atoms with van der Waals surface area (Å²) in [7, 11) is 0. The molecule has 4 heteroatoms. The molecule has 0 amide bonds. The van der Waals surface area contributed by atoms with Crippen molar-refractivity contribution in [2.75, 3.05) is 0 Å². The lowest BCUT2D eigenvalue weighted by Gasteiger charge is -2.32. The molecule has 4 nitrogen and oxygen atoms in total. The standard InChI is InChI=1S/C27H26O4/c1-27(2)16-6-9-20-10-11-22(17-24(20)27)26(29)31-23-14-12-21(13-15-23)25(28)30-18-19-7-4-3-5-8-19/h3-5,7-8,10-15,17H,6,9,16,18H2,1-2H3. The van der Waals surface area contributed by atoms with E-state index in [1.807, 2.05) is 48.5 Å². The maximum atomic E-state index is 12.7. The van der Waals surface area contributed by atoms with E-state index in [2.05, 4.69) is 13.8 Å². The van der Waals surface area contributed by atoms with Crippen LogP contribution in [-0.4, -0.2) is 11.9 Å². The molecule has 0 fully saturated rings. The predicted molar refractivity (Wildman–Crippen MR) is 119 cm³/mol. The van der Waals surface area contributed by atoms with Crippen molar-refractivity contribution in [3.63, 3.8) is 0 Å². The second kappa shape index (κ2) is 8.76. The molecule has 1 aliphatic carbocycles. The highest BCUT2D eigenvalue weighted by molar-refractivity contribution is 5.92. The highest BCUT2D eigenvalue weighted by Crippen LogP contribution is 2.37. The van der Waals surface area contributed by atoms with Crippen LogP contribution in [0.2, 0.25) is 0 Å². The predicted octanol–water partition coefficient (Wildman–Crippen LogP) is 5.88. The van der Waals surface area contributed by atoms with Crippen LogP contribution >= 0.6 is 0 Å². The number of rotatable bonds is 5. The number of fused-ring (bicyclic) bond motifs is 1. The first-order chi connectivity index (χ1) is 14.9. The van der Waals surface area contributed by atoms with Gasteiger partial charge in [-0.3, -0.25) is 0 Å². The molecule has 0 heterocycles. The minimum absolute atomic E-state index is 0.0611. The summed E-state index contributed by atoms with van der Waals surface area (Å²) in [5, 5.41) is 0. The Bertz CT molecular complexity index is 1080. The second-order valence-electron chi connectivity index (χ2n) is 8.58. The van der Waals surface area contributed by atoms with Gasteiger partial charge >= 0.3 is 11.9 Å². The van der Waals surface area contributed by atoms with E-state index in [4.69, 9.17) is 9.47 Å². The number of carbonyl (C=O) groups is 2. The number of esters is 2. The van der Waals surface area contributed by atoms with E-state index in [-0.39, 0.29) is 12.0 Å². The minimum Gasteiger partial charge on any atom is -0.457 e. The largest absolute Gasteiger partial charge is 0.457 e. The molecule has 1 aliphatic rings. The molecule has 0 radical (unpaired) electrons. The molecule has 31 heavy (non-hydrogen) atoms. The van der Waals surface area contributed by atoms with Crippen LogP contribution in [0.3, 0.4) is 0 Å². The average molecular weight is 415 g/mol. The summed E-state index contributed by atoms with van der Waals surface area (Å²) in [6.07, 6.45) is 3.33. The van der Waals surface area contributed by atoms with Gasteiger partial charge in [0.15, 0.2) is 0 Å². The van der Waals surface area contributed by atoms with Gasteiger partial charge in [-0.25, -0.2) is 9.59 Å². The smallest absolute Gasteiger partial charge is 0.343 e. The van der Waals surface area contributed by atoms with Crippen LogP contribution < -0.4 is 4.74 Å². The Hall–Kier alpha value is -3.40. The van der Waals surface area contributed by atoms with Crippen LogP contribution in [0.15, 0.2) is 72.8 Å². The van der Waals surface area contributed by atoms with Crippen molar-refractivity contribution in [1.82, 2.24) is 0 Å². The van der Waals surface area contributed by atoms with Gasteiger partial charge in [-0.2, -0.15) is 0 Å². The van der Waals surface area contributed by atoms with Gasteiger partial charge in [-0.05, 0) is 77.8 Å². The maximum absolute atomic E-state index is 12.7. The Morgan fingerprint density at radius 3 is 2.32 bits per heavy atom. The molecule has 4 rings (SSSR count). The molecule has 0 aromatic heterocycles. The van der Waals surface area contributed by atoms with Crippen LogP contribution in [0.4, 0.5) is 0 Å². The molecule has 0 aliphatic heterocycles. The second-order valence-corrected chi connectivity index (χ2v) is 8.58. The van der Waals surface area contributed by atoms with Crippen molar-refractivity contribution in [2.45, 2.75) is 45.1 Å². The maximum Gasteiger partial charge on any atom is 0.343 e. The van der Waals surface area contributed by atoms with Gasteiger partial charge in [0.25, 0.3) is 0 Å². The van der Waals surface area contributed by atoms with Crippen molar-refractivity contribution < 1.29 is 19.1 Å². The number of benzene rings is 3. The first-order valence-electron chi connectivity index (χ1n) is 10.6. The molecule has 3 aromatic carbocycles. The number of hydrogen-bond donors (Lipinski definition) is 0. The van der Waals surface area contributed by atoms with E-state index in [1.165, 1.54) is 17.5 Å². The molecule has 0 saturated carbocycles. The normalized spacial score (nSPS) is 14.4. The third-order valence-corrected chi connectivity index (χ3v) is 5.84. The molecule has 0 spiro atoms. The molecule has 0 N–H and O–H groups in total. The van der Waals surface area contributed by atoms with Crippen LogP contribution in [0, 0.1) is 0 Å². The summed E-state index contributed by atoms with van der Waals surface area (Å²) in [5.74, 6) is -0.427. The van der Waals surface area contributed by atoms with Gasteiger partial charge in [0.2, 0.25) is 0 Å². The number of hydrogen-bond acceptors (Lipinski definition) is 4. The van der Waals surface area contributed by atoms with Crippen LogP contribution in [0.1, 0.15) is 64.1 Å². The SMILES string of the molecule is CC1(C)CCCc2ccc(C(=O)Oc3ccc(C(=O)OCc4ccccc4)cc3)cc21. The topological polar surface area (TPSA) is 52.6 Å². The van der Waals surface area contributed by atoms with Crippen molar-refractivity contribution in [1.29, 1.82) is 0 Å². The molecule has 3 aromatic rings. The zero-order valence-electron chi connectivity index (χ0n) is 17.9. The van der Waals surface area contributed by atoms with E-state index >= 15 is 0 Å². The number of carbonyl (C=O) groups excluding carboxylic acids is 2. The highest BCUT2D eigenvalue weighted by atomic mass is 16.5. The fraction of sp³-hybridized carbons (Fsp3) is 0.259. The fourth-order valence-corrected chi connectivity index (χ4v) is 4.04. The molecule has 158 valence electrons. The monoisotopic (exact) mass is 414 g/mol. The molecule has 0 atom stereocenters. The van der Waals surface area contributed by atoms with Crippen LogP contribution in [-0.2, 0) is 23.2 Å². The Morgan fingerprint density at radius 1 is 0.871 bits per heavy atom. The number of aryl methyl sites for hydroxylation is 1. The van der Waals surface area contributed by atoms with Gasteiger partial charge < -0.3 is 9.47 Å². The van der Waals surface area contributed by atoms with Crippen molar-refractivity contribution in [2.24, 2.45) is 0 Å². The molecular formula is C27H26O4. The molecule has 0 saturated heterocycles.